The summed E-state index contributed by atoms with van der Waals surface area (Å²) in [5, 5.41) is 0.477. The molecule has 3 rings (SSSR count). The van der Waals surface area contributed by atoms with Crippen LogP contribution in [-0.4, -0.2) is 37.6 Å². The Morgan fingerprint density at radius 1 is 0.800 bits per heavy atom. The molecule has 0 spiro atoms. The molecule has 3 aromatic rings. The monoisotopic (exact) mass is 442 g/mol. The van der Waals surface area contributed by atoms with Gasteiger partial charge in [0.05, 0.1) is 4.90 Å². The summed E-state index contributed by atoms with van der Waals surface area (Å²) in [6, 6.07) is 22.6. The summed E-state index contributed by atoms with van der Waals surface area (Å²) in [6.45, 7) is 0.403. The fourth-order valence-electron chi connectivity index (χ4n) is 2.98. The van der Waals surface area contributed by atoms with Gasteiger partial charge in [0.15, 0.2) is 0 Å². The van der Waals surface area contributed by atoms with Crippen LogP contribution in [0.2, 0.25) is 5.02 Å². The van der Waals surface area contributed by atoms with E-state index in [0.717, 1.165) is 11.1 Å². The first-order valence-electron chi connectivity index (χ1n) is 9.37. The van der Waals surface area contributed by atoms with Crippen molar-refractivity contribution in [2.75, 3.05) is 14.1 Å². The highest BCUT2D eigenvalue weighted by molar-refractivity contribution is 7.89. The van der Waals surface area contributed by atoms with Crippen molar-refractivity contribution >= 4 is 27.5 Å². The van der Waals surface area contributed by atoms with Crippen molar-refractivity contribution in [2.24, 2.45) is 0 Å². The number of benzene rings is 3. The van der Waals surface area contributed by atoms with Gasteiger partial charge in [-0.15, -0.1) is 0 Å². The van der Waals surface area contributed by atoms with Crippen molar-refractivity contribution in [3.8, 4) is 0 Å². The second-order valence-corrected chi connectivity index (χ2v) is 9.48. The predicted octanol–water partition coefficient (Wildman–Crippen LogP) is 4.43. The smallest absolute Gasteiger partial charge is 0.253 e. The molecule has 0 N–H and O–H groups in total. The van der Waals surface area contributed by atoms with Crippen molar-refractivity contribution < 1.29 is 13.2 Å². The molecule has 0 saturated carbocycles. The van der Waals surface area contributed by atoms with Gasteiger partial charge in [-0.1, -0.05) is 54.1 Å². The molecule has 0 aromatic heterocycles. The molecule has 30 heavy (non-hydrogen) atoms. The Labute approximate surface area is 182 Å². The highest BCUT2D eigenvalue weighted by Gasteiger charge is 2.25. The molecule has 1 amide bonds. The van der Waals surface area contributed by atoms with Crippen LogP contribution in [0.4, 0.5) is 0 Å². The fourth-order valence-corrected chi connectivity index (χ4v) is 4.53. The fraction of sp³-hybridized carbons (Fsp3) is 0.174. The van der Waals surface area contributed by atoms with Gasteiger partial charge in [-0.05, 0) is 47.5 Å². The topological polar surface area (TPSA) is 57.7 Å². The zero-order chi connectivity index (χ0) is 21.7. The lowest BCUT2D eigenvalue weighted by atomic mass is 10.1. The SMILES string of the molecule is CN(C)C(=O)c1ccc(CN(Cc2ccccc2)S(=O)(=O)c2ccc(Cl)cc2)cc1. The van der Waals surface area contributed by atoms with E-state index in [-0.39, 0.29) is 23.9 Å². The van der Waals surface area contributed by atoms with E-state index in [1.54, 1.807) is 50.5 Å². The molecule has 0 aliphatic rings. The summed E-state index contributed by atoms with van der Waals surface area (Å²) in [7, 11) is -0.373. The van der Waals surface area contributed by atoms with Crippen molar-refractivity contribution in [2.45, 2.75) is 18.0 Å². The lowest BCUT2D eigenvalue weighted by Crippen LogP contribution is -2.30. The van der Waals surface area contributed by atoms with E-state index in [0.29, 0.717) is 10.6 Å². The Balaban J connectivity index is 1.91. The Morgan fingerprint density at radius 2 is 1.33 bits per heavy atom. The Bertz CT molecular complexity index is 1100. The van der Waals surface area contributed by atoms with E-state index >= 15 is 0 Å². The molecule has 0 aliphatic heterocycles. The largest absolute Gasteiger partial charge is 0.345 e. The molecule has 5 nitrogen and oxygen atoms in total. The molecule has 0 aliphatic carbocycles. The quantitative estimate of drug-likeness (QED) is 0.543. The van der Waals surface area contributed by atoms with E-state index in [2.05, 4.69) is 0 Å². The van der Waals surface area contributed by atoms with E-state index in [1.165, 1.54) is 21.3 Å². The number of halogens is 1. The van der Waals surface area contributed by atoms with Crippen LogP contribution in [0.3, 0.4) is 0 Å². The van der Waals surface area contributed by atoms with Gasteiger partial charge in [0.2, 0.25) is 10.0 Å². The van der Waals surface area contributed by atoms with Gasteiger partial charge in [0, 0.05) is 37.8 Å². The minimum atomic E-state index is -3.75. The average molecular weight is 443 g/mol. The van der Waals surface area contributed by atoms with E-state index in [4.69, 9.17) is 11.6 Å². The molecule has 156 valence electrons. The van der Waals surface area contributed by atoms with Gasteiger partial charge in [0.1, 0.15) is 0 Å². The van der Waals surface area contributed by atoms with Crippen LogP contribution in [0.5, 0.6) is 0 Å². The maximum absolute atomic E-state index is 13.3. The van der Waals surface area contributed by atoms with Gasteiger partial charge >= 0.3 is 0 Å². The third kappa shape index (κ3) is 5.27. The van der Waals surface area contributed by atoms with Crippen LogP contribution in [0.1, 0.15) is 21.5 Å². The number of hydrogen-bond acceptors (Lipinski definition) is 3. The second kappa shape index (κ2) is 9.43. The molecular formula is C23H23ClN2O3S. The van der Waals surface area contributed by atoms with Crippen molar-refractivity contribution in [1.29, 1.82) is 0 Å². The van der Waals surface area contributed by atoms with Crippen molar-refractivity contribution in [1.82, 2.24) is 9.21 Å². The summed E-state index contributed by atoms with van der Waals surface area (Å²) < 4.78 is 28.1. The van der Waals surface area contributed by atoms with E-state index in [1.807, 2.05) is 30.3 Å². The molecule has 3 aromatic carbocycles. The third-order valence-electron chi connectivity index (χ3n) is 4.62. The second-order valence-electron chi connectivity index (χ2n) is 7.11. The molecule has 0 bridgehead atoms. The molecule has 0 atom stereocenters. The third-order valence-corrected chi connectivity index (χ3v) is 6.68. The molecule has 0 radical (unpaired) electrons. The zero-order valence-electron chi connectivity index (χ0n) is 16.8. The number of carbonyl (C=O) groups excluding carboxylic acids is 1. The summed E-state index contributed by atoms with van der Waals surface area (Å²) in [5.41, 5.74) is 2.23. The summed E-state index contributed by atoms with van der Waals surface area (Å²) in [4.78, 5) is 13.8. The molecule has 0 unspecified atom stereocenters. The molecular weight excluding hydrogens is 420 g/mol. The summed E-state index contributed by atoms with van der Waals surface area (Å²) in [6.07, 6.45) is 0. The van der Waals surface area contributed by atoms with Crippen LogP contribution in [0.25, 0.3) is 0 Å². The van der Waals surface area contributed by atoms with Crippen LogP contribution >= 0.6 is 11.6 Å². The predicted molar refractivity (Wildman–Crippen MR) is 119 cm³/mol. The number of amides is 1. The Kier molecular flexibility index (Phi) is 6.92. The first-order valence-corrected chi connectivity index (χ1v) is 11.2. The number of hydrogen-bond donors (Lipinski definition) is 0. The average Bonchev–Trinajstić information content (AvgIpc) is 2.74. The maximum Gasteiger partial charge on any atom is 0.253 e. The molecule has 0 fully saturated rings. The van der Waals surface area contributed by atoms with Crippen molar-refractivity contribution in [3.63, 3.8) is 0 Å². The van der Waals surface area contributed by atoms with Crippen molar-refractivity contribution in [3.05, 3.63) is 101 Å². The number of rotatable bonds is 7. The van der Waals surface area contributed by atoms with Gasteiger partial charge in [-0.25, -0.2) is 8.42 Å². The van der Waals surface area contributed by atoms with Gasteiger partial charge in [-0.3, -0.25) is 4.79 Å². The minimum absolute atomic E-state index is 0.100. The highest BCUT2D eigenvalue weighted by Crippen LogP contribution is 2.23. The summed E-state index contributed by atoms with van der Waals surface area (Å²) in [5.74, 6) is -0.100. The molecule has 0 heterocycles. The van der Waals surface area contributed by atoms with E-state index < -0.39 is 10.0 Å². The number of nitrogens with zero attached hydrogens (tertiary/aromatic N) is 2. The first-order chi connectivity index (χ1) is 14.3. The van der Waals surface area contributed by atoms with E-state index in [9.17, 15) is 13.2 Å². The normalized spacial score (nSPS) is 11.5. The Morgan fingerprint density at radius 3 is 1.87 bits per heavy atom. The first kappa shape index (κ1) is 22.0. The van der Waals surface area contributed by atoms with Gasteiger partial charge in [0.25, 0.3) is 5.91 Å². The maximum atomic E-state index is 13.3. The molecule has 7 heteroatoms. The minimum Gasteiger partial charge on any atom is -0.345 e. The Hall–Kier alpha value is -2.67. The standard InChI is InChI=1S/C23H23ClN2O3S/c1-25(2)23(27)20-10-8-19(9-11-20)17-26(16-18-6-4-3-5-7-18)30(28,29)22-14-12-21(24)13-15-22/h3-15H,16-17H2,1-2H3. The lowest BCUT2D eigenvalue weighted by Gasteiger charge is -2.23. The summed E-state index contributed by atoms with van der Waals surface area (Å²) >= 11 is 5.92. The molecule has 0 saturated heterocycles. The number of sulfonamides is 1. The highest BCUT2D eigenvalue weighted by atomic mass is 35.5. The lowest BCUT2D eigenvalue weighted by molar-refractivity contribution is 0.0827. The van der Waals surface area contributed by atoms with Crippen LogP contribution in [0, 0.1) is 0 Å². The van der Waals surface area contributed by atoms with Crippen LogP contribution < -0.4 is 0 Å². The number of carbonyl (C=O) groups is 1. The van der Waals surface area contributed by atoms with Crippen LogP contribution in [0.15, 0.2) is 83.8 Å². The van der Waals surface area contributed by atoms with Gasteiger partial charge < -0.3 is 4.90 Å². The van der Waals surface area contributed by atoms with Gasteiger partial charge in [-0.2, -0.15) is 4.31 Å². The zero-order valence-corrected chi connectivity index (χ0v) is 18.4. The van der Waals surface area contributed by atoms with Crippen LogP contribution in [-0.2, 0) is 23.1 Å².